The summed E-state index contributed by atoms with van der Waals surface area (Å²) in [6.45, 7) is 4.72. The van der Waals surface area contributed by atoms with Gasteiger partial charge in [0.2, 0.25) is 0 Å². The fourth-order valence-electron chi connectivity index (χ4n) is 2.02. The van der Waals surface area contributed by atoms with Crippen LogP contribution in [0.3, 0.4) is 0 Å². The molecule has 0 N–H and O–H groups in total. The minimum atomic E-state index is 0.00634. The maximum absolute atomic E-state index is 12.4. The van der Waals surface area contributed by atoms with Gasteiger partial charge < -0.3 is 9.47 Å². The smallest absolute Gasteiger partial charge is 0.195 e. The number of carbonyl (C=O) groups excluding carboxylic acids is 1. The van der Waals surface area contributed by atoms with Gasteiger partial charge in [0.25, 0.3) is 0 Å². The fourth-order valence-corrected chi connectivity index (χ4v) is 2.02. The topological polar surface area (TPSA) is 35.5 Å². The summed E-state index contributed by atoms with van der Waals surface area (Å²) in [6, 6.07) is 5.83. The predicted octanol–water partition coefficient (Wildman–Crippen LogP) is 3.31. The molecule has 1 aliphatic heterocycles. The van der Waals surface area contributed by atoms with Crippen LogP contribution in [-0.4, -0.2) is 19.5 Å². The summed E-state index contributed by atoms with van der Waals surface area (Å²) in [5, 5.41) is 0. The second-order valence-corrected chi connectivity index (χ2v) is 4.72. The molecule has 1 aliphatic rings. The third-order valence-electron chi connectivity index (χ3n) is 3.10. The molecule has 18 heavy (non-hydrogen) atoms. The number of Topliss-reactive ketones (excluding diaryl/α,β-unsaturated/α-hetero) is 1. The number of ketones is 1. The minimum Gasteiger partial charge on any atom is -0.504 e. The average Bonchev–Trinajstić information content (AvgIpc) is 2.50. The number of hydrogen-bond acceptors (Lipinski definition) is 3. The maximum Gasteiger partial charge on any atom is 0.195 e. The number of ether oxygens (including phenoxy) is 2. The lowest BCUT2D eigenvalue weighted by atomic mass is 9.96. The summed E-state index contributed by atoms with van der Waals surface area (Å²) >= 11 is 0. The van der Waals surface area contributed by atoms with Gasteiger partial charge in [0.1, 0.15) is 5.75 Å². The highest BCUT2D eigenvalue weighted by Gasteiger charge is 2.22. The highest BCUT2D eigenvalue weighted by atomic mass is 16.5. The lowest BCUT2D eigenvalue weighted by Crippen LogP contribution is -2.03. The summed E-state index contributed by atoms with van der Waals surface area (Å²) in [4.78, 5) is 12.4. The average molecular weight is 246 g/mol. The Labute approximate surface area is 107 Å². The molecule has 2 rings (SSSR count). The van der Waals surface area contributed by atoms with Crippen molar-refractivity contribution in [3.05, 3.63) is 41.2 Å². The quantitative estimate of drug-likeness (QED) is 0.593. The van der Waals surface area contributed by atoms with Gasteiger partial charge in [-0.1, -0.05) is 19.9 Å². The second kappa shape index (κ2) is 5.25. The van der Waals surface area contributed by atoms with Crippen LogP contribution < -0.4 is 4.74 Å². The van der Waals surface area contributed by atoms with Crippen molar-refractivity contribution in [2.75, 3.05) is 13.7 Å². The molecule has 3 heteroatoms. The first kappa shape index (κ1) is 12.7. The SMILES string of the molecule is CO/C=C1/CCOc2ccc(C(C)C)cc2C1=O. The maximum atomic E-state index is 12.4. The second-order valence-electron chi connectivity index (χ2n) is 4.72. The predicted molar refractivity (Wildman–Crippen MR) is 70.1 cm³/mol. The Morgan fingerprint density at radius 2 is 2.17 bits per heavy atom. The van der Waals surface area contributed by atoms with E-state index in [0.29, 0.717) is 35.8 Å². The number of hydrogen-bond donors (Lipinski definition) is 0. The number of benzene rings is 1. The molecule has 0 bridgehead atoms. The molecular weight excluding hydrogens is 228 g/mol. The van der Waals surface area contributed by atoms with Crippen molar-refractivity contribution >= 4 is 5.78 Å². The number of fused-ring (bicyclic) bond motifs is 1. The van der Waals surface area contributed by atoms with Gasteiger partial charge in [-0.05, 0) is 23.6 Å². The molecule has 1 aromatic rings. The van der Waals surface area contributed by atoms with Gasteiger partial charge >= 0.3 is 0 Å². The molecule has 0 aliphatic carbocycles. The van der Waals surface area contributed by atoms with E-state index >= 15 is 0 Å². The van der Waals surface area contributed by atoms with E-state index in [0.717, 1.165) is 5.56 Å². The zero-order chi connectivity index (χ0) is 13.1. The van der Waals surface area contributed by atoms with Crippen molar-refractivity contribution in [1.82, 2.24) is 0 Å². The Kier molecular flexibility index (Phi) is 3.70. The summed E-state index contributed by atoms with van der Waals surface area (Å²) in [7, 11) is 1.55. The van der Waals surface area contributed by atoms with Crippen LogP contribution >= 0.6 is 0 Å². The number of methoxy groups -OCH3 is 1. The molecule has 0 aromatic heterocycles. The molecular formula is C15H18O3. The fraction of sp³-hybridized carbons (Fsp3) is 0.400. The Morgan fingerprint density at radius 1 is 1.39 bits per heavy atom. The third kappa shape index (κ3) is 2.40. The van der Waals surface area contributed by atoms with Gasteiger partial charge in [-0.25, -0.2) is 0 Å². The van der Waals surface area contributed by atoms with Crippen LogP contribution in [0.4, 0.5) is 0 Å². The lowest BCUT2D eigenvalue weighted by Gasteiger charge is -2.10. The standard InChI is InChI=1S/C15H18O3/c1-10(2)11-4-5-14-13(8-11)15(16)12(9-17-3)6-7-18-14/h4-5,8-10H,6-7H2,1-3H3/b12-9-. The van der Waals surface area contributed by atoms with Gasteiger partial charge in [-0.15, -0.1) is 0 Å². The highest BCUT2D eigenvalue weighted by Crippen LogP contribution is 2.29. The largest absolute Gasteiger partial charge is 0.504 e. The first-order valence-electron chi connectivity index (χ1n) is 6.16. The molecule has 0 spiro atoms. The Balaban J connectivity index is 2.46. The van der Waals surface area contributed by atoms with E-state index in [-0.39, 0.29) is 5.78 Å². The molecule has 0 radical (unpaired) electrons. The minimum absolute atomic E-state index is 0.00634. The monoisotopic (exact) mass is 246 g/mol. The molecule has 0 fully saturated rings. The van der Waals surface area contributed by atoms with Crippen LogP contribution in [0.5, 0.6) is 5.75 Å². The molecule has 0 unspecified atom stereocenters. The van der Waals surface area contributed by atoms with Crippen LogP contribution in [0, 0.1) is 0 Å². The zero-order valence-corrected chi connectivity index (χ0v) is 11.0. The van der Waals surface area contributed by atoms with E-state index in [1.54, 1.807) is 7.11 Å². The van der Waals surface area contributed by atoms with Crippen LogP contribution in [0.2, 0.25) is 0 Å². The van der Waals surface area contributed by atoms with Crippen LogP contribution in [0.15, 0.2) is 30.0 Å². The van der Waals surface area contributed by atoms with Crippen molar-refractivity contribution < 1.29 is 14.3 Å². The molecule has 1 heterocycles. The molecule has 1 aromatic carbocycles. The normalized spacial score (nSPS) is 17.3. The first-order valence-corrected chi connectivity index (χ1v) is 6.16. The third-order valence-corrected chi connectivity index (χ3v) is 3.10. The molecule has 0 atom stereocenters. The number of carbonyl (C=O) groups is 1. The van der Waals surface area contributed by atoms with E-state index in [1.807, 2.05) is 18.2 Å². The molecule has 0 saturated carbocycles. The Bertz CT molecular complexity index is 487. The van der Waals surface area contributed by atoms with Crippen LogP contribution in [0.25, 0.3) is 0 Å². The molecule has 0 saturated heterocycles. The Hall–Kier alpha value is -1.77. The number of rotatable bonds is 2. The summed E-state index contributed by atoms with van der Waals surface area (Å²) in [5.41, 5.74) is 2.45. The van der Waals surface area contributed by atoms with E-state index < -0.39 is 0 Å². The van der Waals surface area contributed by atoms with Gasteiger partial charge in [0, 0.05) is 12.0 Å². The van der Waals surface area contributed by atoms with Crippen molar-refractivity contribution in [3.8, 4) is 5.75 Å². The summed E-state index contributed by atoms with van der Waals surface area (Å²) in [5.74, 6) is 1.07. The molecule has 96 valence electrons. The van der Waals surface area contributed by atoms with Crippen LogP contribution in [0.1, 0.15) is 42.1 Å². The van der Waals surface area contributed by atoms with Gasteiger partial charge in [-0.3, -0.25) is 4.79 Å². The van der Waals surface area contributed by atoms with Gasteiger partial charge in [0.15, 0.2) is 5.78 Å². The van der Waals surface area contributed by atoms with Crippen molar-refractivity contribution in [2.24, 2.45) is 0 Å². The van der Waals surface area contributed by atoms with E-state index in [4.69, 9.17) is 9.47 Å². The lowest BCUT2D eigenvalue weighted by molar-refractivity contribution is 0.102. The van der Waals surface area contributed by atoms with Gasteiger partial charge in [0.05, 0.1) is 25.5 Å². The van der Waals surface area contributed by atoms with E-state index in [9.17, 15) is 4.79 Å². The molecule has 3 nitrogen and oxygen atoms in total. The summed E-state index contributed by atoms with van der Waals surface area (Å²) < 4.78 is 10.6. The Morgan fingerprint density at radius 3 is 2.83 bits per heavy atom. The van der Waals surface area contributed by atoms with Crippen molar-refractivity contribution in [2.45, 2.75) is 26.2 Å². The summed E-state index contributed by atoms with van der Waals surface area (Å²) in [6.07, 6.45) is 2.10. The highest BCUT2D eigenvalue weighted by molar-refractivity contribution is 6.10. The zero-order valence-electron chi connectivity index (χ0n) is 11.0. The van der Waals surface area contributed by atoms with Crippen molar-refractivity contribution in [3.63, 3.8) is 0 Å². The van der Waals surface area contributed by atoms with Gasteiger partial charge in [-0.2, -0.15) is 0 Å². The molecule has 0 amide bonds. The van der Waals surface area contributed by atoms with E-state index in [1.165, 1.54) is 6.26 Å². The van der Waals surface area contributed by atoms with E-state index in [2.05, 4.69) is 13.8 Å². The first-order chi connectivity index (χ1) is 8.63. The van der Waals surface area contributed by atoms with Crippen LogP contribution in [-0.2, 0) is 4.74 Å². The van der Waals surface area contributed by atoms with Crippen molar-refractivity contribution in [1.29, 1.82) is 0 Å².